The second kappa shape index (κ2) is 10.8. The molecule has 1 heterocycles. The number of aryl methyl sites for hydroxylation is 1. The average molecular weight is 504 g/mol. The number of nitrogens with one attached hydrogen (secondary N) is 2. The van der Waals surface area contributed by atoms with E-state index in [4.69, 9.17) is 9.73 Å². The van der Waals surface area contributed by atoms with Crippen molar-refractivity contribution in [3.63, 3.8) is 0 Å². The van der Waals surface area contributed by atoms with Crippen LogP contribution >= 0.6 is 24.0 Å². The van der Waals surface area contributed by atoms with E-state index in [1.165, 1.54) is 32.1 Å². The van der Waals surface area contributed by atoms with Crippen LogP contribution in [0.25, 0.3) is 0 Å². The smallest absolute Gasteiger partial charge is 0.191 e. The molecule has 0 amide bonds. The highest BCUT2D eigenvalue weighted by molar-refractivity contribution is 14.0. The molecule has 2 N–H and O–H groups in total. The van der Waals surface area contributed by atoms with Crippen LogP contribution in [0.15, 0.2) is 4.99 Å². The van der Waals surface area contributed by atoms with Crippen LogP contribution in [0.2, 0.25) is 0 Å². The van der Waals surface area contributed by atoms with Crippen molar-refractivity contribution in [2.75, 3.05) is 13.2 Å². The van der Waals surface area contributed by atoms with Crippen LogP contribution in [0.1, 0.15) is 70.4 Å². The number of aromatic nitrogens is 3. The summed E-state index contributed by atoms with van der Waals surface area (Å²) in [4.78, 5) is 4.82. The van der Waals surface area contributed by atoms with E-state index in [1.54, 1.807) is 0 Å². The van der Waals surface area contributed by atoms with Crippen molar-refractivity contribution in [3.05, 3.63) is 11.6 Å². The first-order valence-electron chi connectivity index (χ1n) is 10.6. The van der Waals surface area contributed by atoms with Crippen LogP contribution in [-0.2, 0) is 18.3 Å². The Hall–Kier alpha value is -0.900. The highest BCUT2D eigenvalue weighted by Gasteiger charge is 2.56. The maximum Gasteiger partial charge on any atom is 0.191 e. The summed E-state index contributed by atoms with van der Waals surface area (Å²) in [6, 6.07) is 0.450. The zero-order valence-electron chi connectivity index (χ0n) is 17.8. The van der Waals surface area contributed by atoms with Gasteiger partial charge in [0.15, 0.2) is 11.8 Å². The van der Waals surface area contributed by atoms with E-state index in [1.807, 2.05) is 18.5 Å². The van der Waals surface area contributed by atoms with Crippen LogP contribution < -0.4 is 10.6 Å². The van der Waals surface area contributed by atoms with Crippen LogP contribution in [0.5, 0.6) is 0 Å². The molecule has 0 bridgehead atoms. The second-order valence-corrected chi connectivity index (χ2v) is 7.98. The lowest BCUT2D eigenvalue weighted by Crippen LogP contribution is -2.65. The van der Waals surface area contributed by atoms with Gasteiger partial charge in [-0.25, -0.2) is 4.99 Å². The summed E-state index contributed by atoms with van der Waals surface area (Å²) >= 11 is 0. The third-order valence-electron chi connectivity index (χ3n) is 6.38. The maximum atomic E-state index is 6.05. The number of ether oxygens (including phenoxy) is 1. The van der Waals surface area contributed by atoms with E-state index in [0.29, 0.717) is 24.1 Å². The Morgan fingerprint density at radius 2 is 2.04 bits per heavy atom. The van der Waals surface area contributed by atoms with E-state index in [0.717, 1.165) is 43.6 Å². The first kappa shape index (κ1) is 23.4. The number of hydrogen-bond acceptors (Lipinski definition) is 4. The van der Waals surface area contributed by atoms with Gasteiger partial charge < -0.3 is 19.9 Å². The van der Waals surface area contributed by atoms with E-state index >= 15 is 0 Å². The lowest BCUT2D eigenvalue weighted by molar-refractivity contribution is -0.125. The van der Waals surface area contributed by atoms with Gasteiger partial charge in [-0.2, -0.15) is 0 Å². The molecule has 2 aliphatic rings. The van der Waals surface area contributed by atoms with Gasteiger partial charge in [0, 0.05) is 31.7 Å². The molecule has 2 fully saturated rings. The number of unbranched alkanes of at least 4 members (excludes halogenated alkanes) is 1. The second-order valence-electron chi connectivity index (χ2n) is 7.98. The van der Waals surface area contributed by atoms with Crippen LogP contribution in [0, 0.1) is 12.3 Å². The standard InChI is InChI=1S/C20H36N6O.HI/c1-5-7-12-21-19(22-14-18-25-24-15(3)26(18)4)23-16-13-17(27-6-2)20(16)10-8-9-11-20;/h16-17H,5-14H2,1-4H3,(H2,21,22,23);1H. The van der Waals surface area contributed by atoms with Gasteiger partial charge in [0.2, 0.25) is 0 Å². The summed E-state index contributed by atoms with van der Waals surface area (Å²) in [5, 5.41) is 15.6. The summed E-state index contributed by atoms with van der Waals surface area (Å²) < 4.78 is 8.05. The summed E-state index contributed by atoms with van der Waals surface area (Å²) in [6.45, 7) is 8.55. The fraction of sp³-hybridized carbons (Fsp3) is 0.850. The van der Waals surface area contributed by atoms with Crippen molar-refractivity contribution < 1.29 is 4.74 Å². The molecule has 1 aromatic heterocycles. The Bertz CT molecular complexity index is 641. The predicted molar refractivity (Wildman–Crippen MR) is 123 cm³/mol. The predicted octanol–water partition coefficient (Wildman–Crippen LogP) is 3.31. The molecule has 28 heavy (non-hydrogen) atoms. The number of guanidine groups is 1. The Morgan fingerprint density at radius 1 is 1.29 bits per heavy atom. The molecule has 0 aliphatic heterocycles. The topological polar surface area (TPSA) is 76.4 Å². The number of halogens is 1. The Balaban J connectivity index is 0.00000280. The summed E-state index contributed by atoms with van der Waals surface area (Å²) in [5.74, 6) is 2.70. The van der Waals surface area contributed by atoms with Crippen LogP contribution in [0.3, 0.4) is 0 Å². The minimum absolute atomic E-state index is 0. The van der Waals surface area contributed by atoms with Gasteiger partial charge in [0.1, 0.15) is 12.4 Å². The monoisotopic (exact) mass is 504 g/mol. The molecule has 0 radical (unpaired) electrons. The third kappa shape index (κ3) is 4.98. The molecule has 160 valence electrons. The fourth-order valence-corrected chi connectivity index (χ4v) is 4.53. The summed E-state index contributed by atoms with van der Waals surface area (Å²) in [7, 11) is 1.99. The molecular formula is C20H37IN6O. The number of aliphatic imine (C=N–C) groups is 1. The molecule has 2 atom stereocenters. The van der Waals surface area contributed by atoms with E-state index < -0.39 is 0 Å². The molecule has 3 rings (SSSR count). The molecule has 2 saturated carbocycles. The van der Waals surface area contributed by atoms with Crippen molar-refractivity contribution in [1.29, 1.82) is 0 Å². The zero-order valence-corrected chi connectivity index (χ0v) is 20.2. The van der Waals surface area contributed by atoms with Crippen molar-refractivity contribution in [2.24, 2.45) is 17.5 Å². The normalized spacial score (nSPS) is 23.4. The molecule has 2 aliphatic carbocycles. The van der Waals surface area contributed by atoms with Gasteiger partial charge in [0.25, 0.3) is 0 Å². The first-order valence-corrected chi connectivity index (χ1v) is 10.6. The Labute approximate surface area is 186 Å². The van der Waals surface area contributed by atoms with Gasteiger partial charge in [-0.1, -0.05) is 26.2 Å². The molecule has 1 spiro atoms. The lowest BCUT2D eigenvalue weighted by Gasteiger charge is -2.54. The minimum atomic E-state index is 0. The van der Waals surface area contributed by atoms with Crippen molar-refractivity contribution in [3.8, 4) is 0 Å². The van der Waals surface area contributed by atoms with Crippen molar-refractivity contribution in [2.45, 2.75) is 84.4 Å². The number of rotatable bonds is 8. The van der Waals surface area contributed by atoms with Gasteiger partial charge in [-0.05, 0) is 39.5 Å². The molecular weight excluding hydrogens is 467 g/mol. The van der Waals surface area contributed by atoms with Gasteiger partial charge >= 0.3 is 0 Å². The molecule has 1 aromatic rings. The minimum Gasteiger partial charge on any atom is -0.378 e. The van der Waals surface area contributed by atoms with Crippen LogP contribution in [-0.4, -0.2) is 46.0 Å². The van der Waals surface area contributed by atoms with E-state index in [-0.39, 0.29) is 24.0 Å². The third-order valence-corrected chi connectivity index (χ3v) is 6.38. The lowest BCUT2D eigenvalue weighted by atomic mass is 9.60. The molecule has 0 saturated heterocycles. The van der Waals surface area contributed by atoms with Gasteiger partial charge in [0.05, 0.1) is 6.10 Å². The van der Waals surface area contributed by atoms with Crippen molar-refractivity contribution in [1.82, 2.24) is 25.4 Å². The average Bonchev–Trinajstić information content (AvgIpc) is 3.29. The quantitative estimate of drug-likeness (QED) is 0.246. The molecule has 0 aromatic carbocycles. The highest BCUT2D eigenvalue weighted by atomic mass is 127. The highest BCUT2D eigenvalue weighted by Crippen LogP contribution is 2.54. The molecule has 2 unspecified atom stereocenters. The van der Waals surface area contributed by atoms with Gasteiger partial charge in [-0.15, -0.1) is 34.2 Å². The van der Waals surface area contributed by atoms with Crippen molar-refractivity contribution >= 4 is 29.9 Å². The molecule has 7 nitrogen and oxygen atoms in total. The Morgan fingerprint density at radius 3 is 2.64 bits per heavy atom. The van der Waals surface area contributed by atoms with Gasteiger partial charge in [-0.3, -0.25) is 0 Å². The number of nitrogens with zero attached hydrogens (tertiary/aromatic N) is 4. The Kier molecular flexibility index (Phi) is 8.98. The summed E-state index contributed by atoms with van der Waals surface area (Å²) in [6.07, 6.45) is 8.95. The number of hydrogen-bond donors (Lipinski definition) is 2. The van der Waals surface area contributed by atoms with Crippen LogP contribution in [0.4, 0.5) is 0 Å². The first-order chi connectivity index (χ1) is 13.1. The fourth-order valence-electron chi connectivity index (χ4n) is 4.53. The summed E-state index contributed by atoms with van der Waals surface area (Å²) in [5.41, 5.74) is 0.296. The van der Waals surface area contributed by atoms with E-state index in [9.17, 15) is 0 Å². The largest absolute Gasteiger partial charge is 0.378 e. The van der Waals surface area contributed by atoms with E-state index in [2.05, 4.69) is 34.7 Å². The maximum absolute atomic E-state index is 6.05. The molecule has 8 heteroatoms. The SMILES string of the molecule is CCCCNC(=NCc1nnc(C)n1C)NC1CC(OCC)C12CCCC2.I. The zero-order chi connectivity index (χ0) is 19.3.